The maximum atomic E-state index is 11.4. The molecule has 1 N–H and O–H groups in total. The van der Waals surface area contributed by atoms with Crippen LogP contribution in [0.4, 0.5) is 0 Å². The molecule has 0 spiro atoms. The normalized spacial score (nSPS) is 11.0. The summed E-state index contributed by atoms with van der Waals surface area (Å²) in [5.41, 5.74) is 2.31. The molecule has 0 aliphatic rings. The smallest absolute Gasteiger partial charge is 0.339 e. The number of aryl methyl sites for hydroxylation is 1. The van der Waals surface area contributed by atoms with E-state index in [1.165, 1.54) is 0 Å². The van der Waals surface area contributed by atoms with Gasteiger partial charge < -0.3 is 5.11 Å². The second kappa shape index (κ2) is 5.05. The Labute approximate surface area is 116 Å². The lowest BCUT2D eigenvalue weighted by atomic mass is 10.0. The Hall–Kier alpha value is -1.81. The van der Waals surface area contributed by atoms with Crippen molar-refractivity contribution in [3.8, 4) is 5.69 Å². The summed E-state index contributed by atoms with van der Waals surface area (Å²) in [5.74, 6) is -0.885. The van der Waals surface area contributed by atoms with E-state index in [-0.39, 0.29) is 11.5 Å². The van der Waals surface area contributed by atoms with Gasteiger partial charge in [-0.2, -0.15) is 5.10 Å². The number of nitrogens with zero attached hydrogens (tertiary/aromatic N) is 2. The molecule has 4 nitrogen and oxygen atoms in total. The summed E-state index contributed by atoms with van der Waals surface area (Å²) in [6.45, 7) is 5.62. The van der Waals surface area contributed by atoms with Crippen molar-refractivity contribution in [2.45, 2.75) is 26.7 Å². The first-order valence-electron chi connectivity index (χ1n) is 6.00. The summed E-state index contributed by atoms with van der Waals surface area (Å²) >= 11 is 5.86. The van der Waals surface area contributed by atoms with Crippen LogP contribution in [0.15, 0.2) is 24.3 Å². The molecule has 19 heavy (non-hydrogen) atoms. The van der Waals surface area contributed by atoms with Crippen LogP contribution in [0.1, 0.15) is 41.5 Å². The van der Waals surface area contributed by atoms with Gasteiger partial charge >= 0.3 is 5.97 Å². The molecule has 0 fully saturated rings. The van der Waals surface area contributed by atoms with Gasteiger partial charge in [0.2, 0.25) is 0 Å². The Kier molecular flexibility index (Phi) is 3.62. The second-order valence-electron chi connectivity index (χ2n) is 4.69. The number of carboxylic acid groups (broad SMARTS) is 1. The molecule has 0 aliphatic carbocycles. The highest BCUT2D eigenvalue weighted by molar-refractivity contribution is 6.30. The van der Waals surface area contributed by atoms with E-state index in [0.717, 1.165) is 5.69 Å². The van der Waals surface area contributed by atoms with Crippen LogP contribution in [0.5, 0.6) is 0 Å². The largest absolute Gasteiger partial charge is 0.478 e. The summed E-state index contributed by atoms with van der Waals surface area (Å²) in [6.07, 6.45) is 0. The molecule has 0 atom stereocenters. The summed E-state index contributed by atoms with van der Waals surface area (Å²) in [5, 5.41) is 14.3. The van der Waals surface area contributed by atoms with Crippen LogP contribution in [0.3, 0.4) is 0 Å². The van der Waals surface area contributed by atoms with E-state index in [4.69, 9.17) is 11.6 Å². The molecule has 1 aromatic heterocycles. The zero-order chi connectivity index (χ0) is 14.2. The molecule has 0 saturated carbocycles. The van der Waals surface area contributed by atoms with Crippen molar-refractivity contribution >= 4 is 17.6 Å². The van der Waals surface area contributed by atoms with Crippen LogP contribution in [-0.2, 0) is 0 Å². The molecular formula is C14H15ClN2O2. The minimum Gasteiger partial charge on any atom is -0.478 e. The lowest BCUT2D eigenvalue weighted by Gasteiger charge is -2.11. The molecule has 0 radical (unpaired) electrons. The highest BCUT2D eigenvalue weighted by Crippen LogP contribution is 2.26. The Balaban J connectivity index is 2.67. The van der Waals surface area contributed by atoms with Crippen molar-refractivity contribution in [1.82, 2.24) is 9.78 Å². The van der Waals surface area contributed by atoms with E-state index in [2.05, 4.69) is 5.10 Å². The summed E-state index contributed by atoms with van der Waals surface area (Å²) in [4.78, 5) is 11.4. The van der Waals surface area contributed by atoms with Gasteiger partial charge in [-0.25, -0.2) is 9.48 Å². The Bertz CT molecular complexity index is 615. The molecule has 5 heteroatoms. The first-order chi connectivity index (χ1) is 8.91. The SMILES string of the molecule is Cc1nn(-c2ccc(Cl)cc2)c(C(C)C)c1C(=O)O. The molecule has 2 aromatic rings. The van der Waals surface area contributed by atoms with Crippen LogP contribution < -0.4 is 0 Å². The number of hydrogen-bond donors (Lipinski definition) is 1. The van der Waals surface area contributed by atoms with Crippen LogP contribution in [0, 0.1) is 6.92 Å². The number of aromatic carboxylic acids is 1. The van der Waals surface area contributed by atoms with Crippen LogP contribution >= 0.6 is 11.6 Å². The zero-order valence-electron chi connectivity index (χ0n) is 11.0. The zero-order valence-corrected chi connectivity index (χ0v) is 11.8. The summed E-state index contributed by atoms with van der Waals surface area (Å²) < 4.78 is 1.68. The Morgan fingerprint density at radius 2 is 1.89 bits per heavy atom. The minimum atomic E-state index is -0.943. The monoisotopic (exact) mass is 278 g/mol. The fourth-order valence-electron chi connectivity index (χ4n) is 2.12. The number of halogens is 1. The average Bonchev–Trinajstić information content (AvgIpc) is 2.68. The fourth-order valence-corrected chi connectivity index (χ4v) is 2.25. The molecule has 1 heterocycles. The van der Waals surface area contributed by atoms with Crippen molar-refractivity contribution in [2.75, 3.05) is 0 Å². The molecule has 1 aromatic carbocycles. The third-order valence-electron chi connectivity index (χ3n) is 2.93. The van der Waals surface area contributed by atoms with E-state index in [1.54, 1.807) is 23.7 Å². The van der Waals surface area contributed by atoms with Gasteiger partial charge in [0, 0.05) is 5.02 Å². The van der Waals surface area contributed by atoms with Crippen molar-refractivity contribution in [2.24, 2.45) is 0 Å². The second-order valence-corrected chi connectivity index (χ2v) is 5.13. The molecular weight excluding hydrogens is 264 g/mol. The standard InChI is InChI=1S/C14H15ClN2O2/c1-8(2)13-12(14(18)19)9(3)16-17(13)11-6-4-10(15)5-7-11/h4-8H,1-3H3,(H,18,19). The molecule has 0 bridgehead atoms. The number of benzene rings is 1. The van der Waals surface area contributed by atoms with Gasteiger partial charge in [-0.05, 0) is 37.1 Å². The summed E-state index contributed by atoms with van der Waals surface area (Å²) in [6, 6.07) is 7.18. The molecule has 0 aliphatic heterocycles. The van der Waals surface area contributed by atoms with Gasteiger partial charge in [-0.1, -0.05) is 25.4 Å². The van der Waals surface area contributed by atoms with Crippen molar-refractivity contribution in [3.63, 3.8) is 0 Å². The quantitative estimate of drug-likeness (QED) is 0.932. The van der Waals surface area contributed by atoms with Crippen molar-refractivity contribution < 1.29 is 9.90 Å². The number of aromatic nitrogens is 2. The van der Waals surface area contributed by atoms with Gasteiger partial charge in [-0.15, -0.1) is 0 Å². The number of carboxylic acids is 1. The molecule has 2 rings (SSSR count). The van der Waals surface area contributed by atoms with E-state index in [9.17, 15) is 9.90 Å². The highest BCUT2D eigenvalue weighted by Gasteiger charge is 2.23. The topological polar surface area (TPSA) is 55.1 Å². The van der Waals surface area contributed by atoms with Gasteiger partial charge in [0.25, 0.3) is 0 Å². The van der Waals surface area contributed by atoms with E-state index >= 15 is 0 Å². The molecule has 0 saturated heterocycles. The van der Waals surface area contributed by atoms with Gasteiger partial charge in [0.1, 0.15) is 5.56 Å². The fraction of sp³-hybridized carbons (Fsp3) is 0.286. The van der Waals surface area contributed by atoms with E-state index in [1.807, 2.05) is 26.0 Å². The van der Waals surface area contributed by atoms with Gasteiger partial charge in [-0.3, -0.25) is 0 Å². The molecule has 100 valence electrons. The lowest BCUT2D eigenvalue weighted by molar-refractivity contribution is 0.0694. The summed E-state index contributed by atoms with van der Waals surface area (Å²) in [7, 11) is 0. The number of hydrogen-bond acceptors (Lipinski definition) is 2. The van der Waals surface area contributed by atoms with Gasteiger partial charge in [0.05, 0.1) is 17.1 Å². The maximum absolute atomic E-state index is 11.4. The van der Waals surface area contributed by atoms with Crippen LogP contribution in [0.2, 0.25) is 5.02 Å². The predicted octanol–water partition coefficient (Wildman–Crippen LogP) is 3.66. The first kappa shape index (κ1) is 13.6. The van der Waals surface area contributed by atoms with Crippen LogP contribution in [0.25, 0.3) is 5.69 Å². The third kappa shape index (κ3) is 2.49. The Morgan fingerprint density at radius 3 is 2.37 bits per heavy atom. The van der Waals surface area contributed by atoms with Crippen molar-refractivity contribution in [1.29, 1.82) is 0 Å². The Morgan fingerprint density at radius 1 is 1.32 bits per heavy atom. The number of rotatable bonds is 3. The first-order valence-corrected chi connectivity index (χ1v) is 6.38. The van der Waals surface area contributed by atoms with Crippen LogP contribution in [-0.4, -0.2) is 20.9 Å². The lowest BCUT2D eigenvalue weighted by Crippen LogP contribution is -2.08. The third-order valence-corrected chi connectivity index (χ3v) is 3.18. The maximum Gasteiger partial charge on any atom is 0.339 e. The van der Waals surface area contributed by atoms with Crippen molar-refractivity contribution in [3.05, 3.63) is 46.2 Å². The predicted molar refractivity (Wildman–Crippen MR) is 74.4 cm³/mol. The molecule has 0 amide bonds. The number of carbonyl (C=O) groups is 1. The minimum absolute atomic E-state index is 0.0583. The van der Waals surface area contributed by atoms with Gasteiger partial charge in [0.15, 0.2) is 0 Å². The average molecular weight is 279 g/mol. The highest BCUT2D eigenvalue weighted by atomic mass is 35.5. The molecule has 0 unspecified atom stereocenters. The van der Waals surface area contributed by atoms with E-state index in [0.29, 0.717) is 16.4 Å². The van der Waals surface area contributed by atoms with E-state index < -0.39 is 5.97 Å².